The third-order valence-corrected chi connectivity index (χ3v) is 3.69. The molecule has 1 heterocycles. The lowest BCUT2D eigenvalue weighted by Gasteiger charge is -2.29. The third kappa shape index (κ3) is 2.94. The number of hydrogen-bond acceptors (Lipinski definition) is 2. The second-order valence-corrected chi connectivity index (χ2v) is 5.20. The minimum atomic E-state index is 0.0913. The molecule has 0 bridgehead atoms. The molecule has 3 rings (SSSR count). The van der Waals surface area contributed by atoms with Crippen LogP contribution in [-0.4, -0.2) is 18.8 Å². The van der Waals surface area contributed by atoms with E-state index in [9.17, 15) is 0 Å². The van der Waals surface area contributed by atoms with Crippen molar-refractivity contribution in [2.75, 3.05) is 6.61 Å². The Kier molecular flexibility index (Phi) is 3.88. The zero-order valence-corrected chi connectivity index (χ0v) is 11.7. The summed E-state index contributed by atoms with van der Waals surface area (Å²) in [5.41, 5.74) is 1.33. The molecule has 0 spiro atoms. The van der Waals surface area contributed by atoms with Gasteiger partial charge in [-0.2, -0.15) is 0 Å². The minimum Gasteiger partial charge on any atom is -0.486 e. The van der Waals surface area contributed by atoms with E-state index in [0.717, 1.165) is 18.0 Å². The van der Waals surface area contributed by atoms with Crippen LogP contribution in [0.4, 0.5) is 0 Å². The maximum absolute atomic E-state index is 6.03. The number of rotatable bonds is 4. The van der Waals surface area contributed by atoms with E-state index in [1.165, 1.54) is 5.56 Å². The maximum atomic E-state index is 6.03. The van der Waals surface area contributed by atoms with E-state index in [-0.39, 0.29) is 6.10 Å². The van der Waals surface area contributed by atoms with Gasteiger partial charge in [-0.3, -0.25) is 0 Å². The van der Waals surface area contributed by atoms with Crippen LogP contribution in [0.3, 0.4) is 0 Å². The lowest BCUT2D eigenvalue weighted by molar-refractivity contribution is -0.707. The van der Waals surface area contributed by atoms with E-state index in [2.05, 4.69) is 36.5 Å². The van der Waals surface area contributed by atoms with E-state index in [0.29, 0.717) is 12.6 Å². The molecular formula is C17H20NO2+. The van der Waals surface area contributed by atoms with Crippen molar-refractivity contribution < 1.29 is 14.8 Å². The molecule has 1 aliphatic heterocycles. The number of hydrogen-bond donors (Lipinski definition) is 1. The largest absolute Gasteiger partial charge is 0.486 e. The Balaban J connectivity index is 1.58. The quantitative estimate of drug-likeness (QED) is 0.922. The normalized spacial score (nSPS) is 18.6. The average molecular weight is 270 g/mol. The van der Waals surface area contributed by atoms with Crippen molar-refractivity contribution in [3.8, 4) is 11.5 Å². The number of quaternary nitrogens is 1. The van der Waals surface area contributed by atoms with Gasteiger partial charge in [0, 0.05) is 5.56 Å². The summed E-state index contributed by atoms with van der Waals surface area (Å²) in [6, 6.07) is 18.7. The summed E-state index contributed by atoms with van der Waals surface area (Å²) >= 11 is 0. The highest BCUT2D eigenvalue weighted by Gasteiger charge is 2.28. The summed E-state index contributed by atoms with van der Waals surface area (Å²) in [5.74, 6) is 1.70. The Morgan fingerprint density at radius 3 is 2.55 bits per heavy atom. The van der Waals surface area contributed by atoms with Crippen LogP contribution in [0.25, 0.3) is 0 Å². The molecular weight excluding hydrogens is 250 g/mol. The van der Waals surface area contributed by atoms with Crippen LogP contribution >= 0.6 is 0 Å². The molecule has 0 aromatic heterocycles. The van der Waals surface area contributed by atoms with Crippen molar-refractivity contribution in [1.82, 2.24) is 0 Å². The number of para-hydroxylation sites is 2. The monoisotopic (exact) mass is 270 g/mol. The molecule has 2 N–H and O–H groups in total. The highest BCUT2D eigenvalue weighted by molar-refractivity contribution is 5.40. The van der Waals surface area contributed by atoms with Gasteiger partial charge in [0.25, 0.3) is 0 Å². The highest BCUT2D eigenvalue weighted by Crippen LogP contribution is 2.31. The Hall–Kier alpha value is -2.00. The van der Waals surface area contributed by atoms with Crippen LogP contribution in [0, 0.1) is 0 Å². The summed E-state index contributed by atoms with van der Waals surface area (Å²) in [6.07, 6.45) is 0.0913. The van der Waals surface area contributed by atoms with Gasteiger partial charge in [-0.15, -0.1) is 0 Å². The van der Waals surface area contributed by atoms with Crippen LogP contribution in [0.5, 0.6) is 11.5 Å². The molecule has 2 atom stereocenters. The third-order valence-electron chi connectivity index (χ3n) is 3.69. The van der Waals surface area contributed by atoms with E-state index in [1.54, 1.807) is 0 Å². The summed E-state index contributed by atoms with van der Waals surface area (Å²) < 4.78 is 11.8. The zero-order chi connectivity index (χ0) is 13.8. The van der Waals surface area contributed by atoms with Gasteiger partial charge in [0.15, 0.2) is 17.6 Å². The number of benzene rings is 2. The first kappa shape index (κ1) is 13.0. The van der Waals surface area contributed by atoms with Crippen LogP contribution in [0.2, 0.25) is 0 Å². The summed E-state index contributed by atoms with van der Waals surface area (Å²) in [6.45, 7) is 3.76. The van der Waals surface area contributed by atoms with E-state index < -0.39 is 0 Å². The molecule has 3 heteroatoms. The van der Waals surface area contributed by atoms with E-state index in [1.807, 2.05) is 30.3 Å². The van der Waals surface area contributed by atoms with Crippen molar-refractivity contribution in [3.05, 3.63) is 60.2 Å². The fourth-order valence-corrected chi connectivity index (χ4v) is 2.38. The summed E-state index contributed by atoms with van der Waals surface area (Å²) in [4.78, 5) is 0. The first-order valence-electron chi connectivity index (χ1n) is 7.08. The van der Waals surface area contributed by atoms with Crippen molar-refractivity contribution >= 4 is 0 Å². The molecule has 0 radical (unpaired) electrons. The topological polar surface area (TPSA) is 35.1 Å². The molecule has 0 saturated heterocycles. The lowest BCUT2D eigenvalue weighted by atomic mass is 10.1. The molecule has 0 amide bonds. The van der Waals surface area contributed by atoms with E-state index in [4.69, 9.17) is 9.47 Å². The van der Waals surface area contributed by atoms with Crippen molar-refractivity contribution in [2.45, 2.75) is 25.6 Å². The van der Waals surface area contributed by atoms with Crippen LogP contribution in [-0.2, 0) is 6.54 Å². The van der Waals surface area contributed by atoms with Crippen LogP contribution in [0.1, 0.15) is 12.5 Å². The number of fused-ring (bicyclic) bond motifs is 1. The molecule has 0 fully saturated rings. The fourth-order valence-electron chi connectivity index (χ4n) is 2.38. The van der Waals surface area contributed by atoms with Crippen molar-refractivity contribution in [2.24, 2.45) is 0 Å². The predicted octanol–water partition coefficient (Wildman–Crippen LogP) is 1.98. The van der Waals surface area contributed by atoms with Gasteiger partial charge in [-0.1, -0.05) is 42.5 Å². The lowest BCUT2D eigenvalue weighted by Crippen LogP contribution is -2.91. The van der Waals surface area contributed by atoms with Gasteiger partial charge >= 0.3 is 0 Å². The smallest absolute Gasteiger partial charge is 0.184 e. The predicted molar refractivity (Wildman–Crippen MR) is 77.9 cm³/mol. The van der Waals surface area contributed by atoms with Crippen molar-refractivity contribution in [3.63, 3.8) is 0 Å². The van der Waals surface area contributed by atoms with Gasteiger partial charge in [-0.25, -0.2) is 0 Å². The Bertz CT molecular complexity index is 556. The Morgan fingerprint density at radius 1 is 1.05 bits per heavy atom. The fraction of sp³-hybridized carbons (Fsp3) is 0.294. The van der Waals surface area contributed by atoms with Gasteiger partial charge in [0.1, 0.15) is 19.2 Å². The van der Waals surface area contributed by atoms with Gasteiger partial charge < -0.3 is 14.8 Å². The molecule has 0 aliphatic carbocycles. The first-order valence-corrected chi connectivity index (χ1v) is 7.08. The molecule has 2 aromatic carbocycles. The minimum absolute atomic E-state index is 0.0913. The van der Waals surface area contributed by atoms with Gasteiger partial charge in [-0.05, 0) is 19.1 Å². The number of ether oxygens (including phenoxy) is 2. The van der Waals surface area contributed by atoms with Crippen LogP contribution < -0.4 is 14.8 Å². The number of nitrogens with two attached hydrogens (primary N) is 1. The molecule has 0 saturated carbocycles. The maximum Gasteiger partial charge on any atom is 0.184 e. The standard InChI is InChI=1S/C17H19NO2/c1-13(18-11-14-7-3-2-4-8-14)17-12-19-15-9-5-6-10-16(15)20-17/h2-10,13,17-18H,11-12H2,1H3/p+1/t13-,17+/m0/s1. The molecule has 104 valence electrons. The van der Waals surface area contributed by atoms with Gasteiger partial charge in [0.05, 0.1) is 0 Å². The van der Waals surface area contributed by atoms with E-state index >= 15 is 0 Å². The molecule has 20 heavy (non-hydrogen) atoms. The second-order valence-electron chi connectivity index (χ2n) is 5.20. The Labute approximate surface area is 119 Å². The first-order chi connectivity index (χ1) is 9.83. The highest BCUT2D eigenvalue weighted by atomic mass is 16.6. The zero-order valence-electron chi connectivity index (χ0n) is 11.7. The Morgan fingerprint density at radius 2 is 1.75 bits per heavy atom. The second kappa shape index (κ2) is 5.97. The summed E-state index contributed by atoms with van der Waals surface area (Å²) in [5, 5.41) is 2.30. The SMILES string of the molecule is C[C@H]([NH2+]Cc1ccccc1)[C@H]1COc2ccccc2O1. The molecule has 3 nitrogen and oxygen atoms in total. The molecule has 1 aliphatic rings. The average Bonchev–Trinajstić information content (AvgIpc) is 2.53. The van der Waals surface area contributed by atoms with Crippen molar-refractivity contribution in [1.29, 1.82) is 0 Å². The summed E-state index contributed by atoms with van der Waals surface area (Å²) in [7, 11) is 0. The van der Waals surface area contributed by atoms with Gasteiger partial charge in [0.2, 0.25) is 0 Å². The molecule has 2 aromatic rings. The molecule has 0 unspecified atom stereocenters. The van der Waals surface area contributed by atoms with Crippen LogP contribution in [0.15, 0.2) is 54.6 Å².